The molecule has 0 saturated carbocycles. The van der Waals surface area contributed by atoms with Crippen LogP contribution in [0.15, 0.2) is 21.5 Å². The van der Waals surface area contributed by atoms with Crippen molar-refractivity contribution in [1.29, 1.82) is 0 Å². The molecule has 2 aromatic rings. The summed E-state index contributed by atoms with van der Waals surface area (Å²) in [4.78, 5) is 13.1. The fraction of sp³-hybridized carbons (Fsp3) is 0.524. The molecule has 2 heterocycles. The van der Waals surface area contributed by atoms with Gasteiger partial charge in [0, 0.05) is 18.7 Å². The van der Waals surface area contributed by atoms with Gasteiger partial charge in [-0.1, -0.05) is 6.07 Å². The van der Waals surface area contributed by atoms with E-state index in [1.807, 2.05) is 6.92 Å². The summed E-state index contributed by atoms with van der Waals surface area (Å²) in [6.45, 7) is 3.02. The minimum Gasteiger partial charge on any atom is -0.472 e. The number of hydrogen-bond acceptors (Lipinski definition) is 5. The number of urea groups is 1. The van der Waals surface area contributed by atoms with Crippen LogP contribution in [0.1, 0.15) is 47.9 Å². The summed E-state index contributed by atoms with van der Waals surface area (Å²) in [6, 6.07) is 1.56. The number of methoxy groups -OCH3 is 1. The Labute approximate surface area is 181 Å². The van der Waals surface area contributed by atoms with Crippen molar-refractivity contribution in [3.63, 3.8) is 0 Å². The average Bonchev–Trinajstić information content (AvgIpc) is 3.45. The highest BCUT2D eigenvalue weighted by Crippen LogP contribution is 2.44. The van der Waals surface area contributed by atoms with E-state index in [1.165, 1.54) is 17.3 Å². The molecule has 31 heavy (non-hydrogen) atoms. The molecule has 2 amide bonds. The maximum Gasteiger partial charge on any atom is 0.354 e. The SMILES string of the molecule is COC[C@H]1CCc2cc3c(c(NC(=O)N=[S@@](N)(=O)c4cnn5c4O[C@@H](C)C5)c21)CCC3. The number of aryl methyl sites for hydroxylation is 2. The number of ether oxygens (including phenoxy) is 2. The van der Waals surface area contributed by atoms with Crippen LogP contribution < -0.4 is 15.2 Å². The number of rotatable bonds is 4. The fourth-order valence-corrected chi connectivity index (χ4v) is 6.05. The third-order valence-electron chi connectivity index (χ3n) is 6.33. The van der Waals surface area contributed by atoms with E-state index in [-0.39, 0.29) is 16.9 Å². The van der Waals surface area contributed by atoms with Gasteiger partial charge >= 0.3 is 6.03 Å². The molecule has 0 bridgehead atoms. The lowest BCUT2D eigenvalue weighted by atomic mass is 9.94. The molecule has 10 heteroatoms. The molecule has 1 aromatic carbocycles. The Balaban J connectivity index is 1.50. The molecule has 0 radical (unpaired) electrons. The van der Waals surface area contributed by atoms with Crippen LogP contribution in [0.3, 0.4) is 0 Å². The predicted octanol–water partition coefficient (Wildman–Crippen LogP) is 2.76. The molecule has 3 aliphatic rings. The molecule has 0 spiro atoms. The van der Waals surface area contributed by atoms with E-state index in [0.717, 1.165) is 48.9 Å². The van der Waals surface area contributed by atoms with Gasteiger partial charge in [0.15, 0.2) is 9.92 Å². The number of nitrogens with two attached hydrogens (primary N) is 1. The molecule has 9 nitrogen and oxygen atoms in total. The van der Waals surface area contributed by atoms with Crippen LogP contribution in [-0.2, 0) is 40.5 Å². The Morgan fingerprint density at radius 2 is 2.26 bits per heavy atom. The van der Waals surface area contributed by atoms with Crippen molar-refractivity contribution in [2.75, 3.05) is 19.0 Å². The summed E-state index contributed by atoms with van der Waals surface area (Å²) < 4.78 is 29.7. The van der Waals surface area contributed by atoms with Crippen LogP contribution in [0.5, 0.6) is 5.88 Å². The molecule has 0 unspecified atom stereocenters. The molecular formula is C21H27N5O4S. The van der Waals surface area contributed by atoms with Crippen molar-refractivity contribution >= 4 is 21.6 Å². The molecule has 0 saturated heterocycles. The second-order valence-electron chi connectivity index (χ2n) is 8.52. The Kier molecular flexibility index (Phi) is 5.03. The van der Waals surface area contributed by atoms with Crippen molar-refractivity contribution in [3.8, 4) is 5.88 Å². The van der Waals surface area contributed by atoms with E-state index in [4.69, 9.17) is 14.6 Å². The van der Waals surface area contributed by atoms with Gasteiger partial charge in [-0.05, 0) is 61.3 Å². The standard InChI is InChI=1S/C21H27N5O4S/c1-12-10-26-20(30-12)17(9-23-26)31(22,28)25-21(27)24-19-16-5-3-4-13(16)8-14-6-7-15(11-29-2)18(14)19/h8-9,12,15H,3-7,10-11H2,1-2H3,(H3,22,24,25,27,28)/t12-,15+,31+/m0/s1. The molecule has 3 atom stereocenters. The number of nitrogens with zero attached hydrogens (tertiary/aromatic N) is 3. The number of hydrogen-bond donors (Lipinski definition) is 2. The number of anilines is 1. The maximum atomic E-state index is 13.1. The van der Waals surface area contributed by atoms with Crippen LogP contribution in [0, 0.1) is 0 Å². The normalized spacial score (nSPS) is 22.9. The van der Waals surface area contributed by atoms with Crippen molar-refractivity contribution < 1.29 is 18.5 Å². The third-order valence-corrected chi connectivity index (χ3v) is 7.68. The Bertz CT molecular complexity index is 1180. The van der Waals surface area contributed by atoms with E-state index in [2.05, 4.69) is 20.8 Å². The van der Waals surface area contributed by atoms with Crippen LogP contribution in [0.2, 0.25) is 0 Å². The fourth-order valence-electron chi connectivity index (χ4n) is 5.06. The van der Waals surface area contributed by atoms with Gasteiger partial charge in [0.05, 0.1) is 19.3 Å². The van der Waals surface area contributed by atoms with Gasteiger partial charge in [0.2, 0.25) is 5.88 Å². The first-order valence-corrected chi connectivity index (χ1v) is 12.2. The average molecular weight is 446 g/mol. The number of amides is 2. The van der Waals surface area contributed by atoms with Gasteiger partial charge in [0.25, 0.3) is 0 Å². The maximum absolute atomic E-state index is 13.1. The first-order valence-electron chi connectivity index (χ1n) is 10.6. The molecule has 2 aliphatic carbocycles. The monoisotopic (exact) mass is 445 g/mol. The Morgan fingerprint density at radius 3 is 3.06 bits per heavy atom. The van der Waals surface area contributed by atoms with Crippen LogP contribution in [0.25, 0.3) is 0 Å². The lowest BCUT2D eigenvalue weighted by Gasteiger charge is -2.19. The summed E-state index contributed by atoms with van der Waals surface area (Å²) >= 11 is 0. The quantitative estimate of drug-likeness (QED) is 0.750. The van der Waals surface area contributed by atoms with Gasteiger partial charge in [-0.3, -0.25) is 0 Å². The molecule has 1 aliphatic heterocycles. The first-order chi connectivity index (χ1) is 14.9. The van der Waals surface area contributed by atoms with Crippen molar-refractivity contribution in [3.05, 3.63) is 34.5 Å². The van der Waals surface area contributed by atoms with Crippen molar-refractivity contribution in [2.24, 2.45) is 9.50 Å². The molecule has 5 rings (SSSR count). The summed E-state index contributed by atoms with van der Waals surface area (Å²) in [5.74, 6) is 0.537. The van der Waals surface area contributed by atoms with Gasteiger partial charge in [-0.2, -0.15) is 5.10 Å². The molecular weight excluding hydrogens is 418 g/mol. The van der Waals surface area contributed by atoms with Crippen LogP contribution >= 0.6 is 0 Å². The summed E-state index contributed by atoms with van der Waals surface area (Å²) in [5.41, 5.74) is 5.61. The topological polar surface area (TPSA) is 121 Å². The van der Waals surface area contributed by atoms with Crippen molar-refractivity contribution in [2.45, 2.75) is 62.5 Å². The predicted molar refractivity (Wildman–Crippen MR) is 116 cm³/mol. The number of carbonyl (C=O) groups excluding carboxylic acids is 1. The smallest absolute Gasteiger partial charge is 0.354 e. The van der Waals surface area contributed by atoms with Gasteiger partial charge in [0.1, 0.15) is 11.0 Å². The zero-order valence-electron chi connectivity index (χ0n) is 17.7. The zero-order valence-corrected chi connectivity index (χ0v) is 18.5. The lowest BCUT2D eigenvalue weighted by Crippen LogP contribution is -2.20. The molecule has 166 valence electrons. The summed E-state index contributed by atoms with van der Waals surface area (Å²) in [7, 11) is -1.82. The zero-order chi connectivity index (χ0) is 21.8. The highest BCUT2D eigenvalue weighted by Gasteiger charge is 2.32. The first kappa shape index (κ1) is 20.5. The second kappa shape index (κ2) is 7.61. The third kappa shape index (κ3) is 3.52. The van der Waals surface area contributed by atoms with Crippen molar-refractivity contribution in [1.82, 2.24) is 9.78 Å². The van der Waals surface area contributed by atoms with Gasteiger partial charge in [-0.15, -0.1) is 4.36 Å². The number of carbonyl (C=O) groups is 1. The second-order valence-corrected chi connectivity index (χ2v) is 10.3. The number of nitrogens with one attached hydrogen (secondary N) is 1. The number of fused-ring (bicyclic) bond motifs is 3. The molecule has 3 N–H and O–H groups in total. The van der Waals surface area contributed by atoms with E-state index >= 15 is 0 Å². The lowest BCUT2D eigenvalue weighted by molar-refractivity contribution is 0.179. The number of aromatic nitrogens is 2. The van der Waals surface area contributed by atoms with E-state index in [1.54, 1.807) is 11.8 Å². The van der Waals surface area contributed by atoms with Gasteiger partial charge in [-0.25, -0.2) is 18.8 Å². The highest BCUT2D eigenvalue weighted by atomic mass is 32.2. The largest absolute Gasteiger partial charge is 0.472 e. The summed E-state index contributed by atoms with van der Waals surface area (Å²) in [5, 5.41) is 13.1. The van der Waals surface area contributed by atoms with Gasteiger partial charge < -0.3 is 14.8 Å². The van der Waals surface area contributed by atoms with Crippen LogP contribution in [-0.4, -0.2) is 39.8 Å². The van der Waals surface area contributed by atoms with Crippen LogP contribution in [0.4, 0.5) is 10.5 Å². The van der Waals surface area contributed by atoms with E-state index < -0.39 is 15.9 Å². The number of benzene rings is 1. The van der Waals surface area contributed by atoms with E-state index in [9.17, 15) is 9.00 Å². The summed E-state index contributed by atoms with van der Waals surface area (Å²) in [6.07, 6.45) is 6.17. The Morgan fingerprint density at radius 1 is 1.42 bits per heavy atom. The Hall–Kier alpha value is -2.43. The minimum atomic E-state index is -3.51. The minimum absolute atomic E-state index is 0.0984. The van der Waals surface area contributed by atoms with E-state index in [0.29, 0.717) is 19.0 Å². The molecule has 0 fully saturated rings. The molecule has 1 aromatic heterocycles. The highest BCUT2D eigenvalue weighted by molar-refractivity contribution is 7.91.